The fourth-order valence-corrected chi connectivity index (χ4v) is 5.96. The van der Waals surface area contributed by atoms with Crippen LogP contribution in [0, 0.1) is 0 Å². The highest BCUT2D eigenvalue weighted by atomic mass is 16.5. The van der Waals surface area contributed by atoms with Crippen molar-refractivity contribution in [3.05, 3.63) is 0 Å². The Morgan fingerprint density at radius 1 is 0.556 bits per heavy atom. The number of carbonyl (C=O) groups excluding carboxylic acids is 1. The van der Waals surface area contributed by atoms with E-state index >= 15 is 0 Å². The van der Waals surface area contributed by atoms with E-state index < -0.39 is 6.04 Å². The van der Waals surface area contributed by atoms with Crippen molar-refractivity contribution in [1.29, 1.82) is 0 Å². The molecule has 0 radical (unpaired) electrons. The van der Waals surface area contributed by atoms with Crippen LogP contribution in [0.25, 0.3) is 0 Å². The minimum atomic E-state index is -0.481. The van der Waals surface area contributed by atoms with Gasteiger partial charge in [0.05, 0.1) is 18.8 Å². The van der Waals surface area contributed by atoms with E-state index in [2.05, 4.69) is 19.2 Å². The van der Waals surface area contributed by atoms with Crippen molar-refractivity contribution in [3.8, 4) is 0 Å². The van der Waals surface area contributed by atoms with Crippen molar-refractivity contribution in [3.63, 3.8) is 0 Å². The first-order valence-corrected chi connectivity index (χ1v) is 20.1. The van der Waals surface area contributed by atoms with Gasteiger partial charge < -0.3 is 26.3 Å². The van der Waals surface area contributed by atoms with Gasteiger partial charge in [-0.2, -0.15) is 0 Å². The number of nitrogens with one attached hydrogen (secondary N) is 1. The van der Waals surface area contributed by atoms with Gasteiger partial charge in [0.15, 0.2) is 0 Å². The molecular weight excluding hydrogens is 558 g/mol. The molecule has 0 aliphatic heterocycles. The van der Waals surface area contributed by atoms with Crippen LogP contribution in [0.4, 0.5) is 0 Å². The Kier molecular flexibility index (Phi) is 37.2. The summed E-state index contributed by atoms with van der Waals surface area (Å²) in [6.07, 6.45) is 37.4. The second-order valence-corrected chi connectivity index (χ2v) is 13.7. The molecule has 270 valence electrons. The van der Waals surface area contributed by atoms with Crippen molar-refractivity contribution in [2.75, 3.05) is 32.9 Å². The molecule has 0 spiro atoms. The van der Waals surface area contributed by atoms with E-state index in [1.165, 1.54) is 154 Å². The lowest BCUT2D eigenvalue weighted by molar-refractivity contribution is -0.123. The van der Waals surface area contributed by atoms with Gasteiger partial charge in [-0.25, -0.2) is 0 Å². The number of hydrogen-bond acceptors (Lipinski definition) is 5. The zero-order chi connectivity index (χ0) is 32.9. The van der Waals surface area contributed by atoms with Gasteiger partial charge in [0.25, 0.3) is 0 Å². The number of nitrogens with two attached hydrogens (primary N) is 2. The van der Waals surface area contributed by atoms with Crippen molar-refractivity contribution < 1.29 is 14.3 Å². The molecule has 45 heavy (non-hydrogen) atoms. The first-order valence-electron chi connectivity index (χ1n) is 20.1. The summed E-state index contributed by atoms with van der Waals surface area (Å²) < 4.78 is 12.2. The van der Waals surface area contributed by atoms with Crippen molar-refractivity contribution in [1.82, 2.24) is 5.32 Å². The van der Waals surface area contributed by atoms with Crippen LogP contribution < -0.4 is 16.8 Å². The summed E-state index contributed by atoms with van der Waals surface area (Å²) in [5.74, 6) is -0.0997. The van der Waals surface area contributed by atoms with Gasteiger partial charge in [-0.1, -0.05) is 174 Å². The largest absolute Gasteiger partial charge is 0.379 e. The second-order valence-electron chi connectivity index (χ2n) is 13.7. The Morgan fingerprint density at radius 3 is 1.38 bits per heavy atom. The summed E-state index contributed by atoms with van der Waals surface area (Å²) >= 11 is 0. The van der Waals surface area contributed by atoms with Gasteiger partial charge in [-0.05, 0) is 32.2 Å². The molecule has 0 aromatic heterocycles. The van der Waals surface area contributed by atoms with E-state index in [9.17, 15) is 4.79 Å². The van der Waals surface area contributed by atoms with Crippen molar-refractivity contribution in [2.45, 2.75) is 212 Å². The first-order chi connectivity index (χ1) is 22.2. The predicted molar refractivity (Wildman–Crippen MR) is 196 cm³/mol. The molecule has 0 aliphatic rings. The molecule has 1 amide bonds. The number of rotatable bonds is 38. The van der Waals surface area contributed by atoms with Crippen LogP contribution in [0.1, 0.15) is 200 Å². The van der Waals surface area contributed by atoms with E-state index in [1.54, 1.807) is 0 Å². The van der Waals surface area contributed by atoms with Gasteiger partial charge in [0, 0.05) is 19.8 Å². The normalized spacial score (nSPS) is 12.9. The lowest BCUT2D eigenvalue weighted by Crippen LogP contribution is -2.45. The minimum absolute atomic E-state index is 0.0997. The van der Waals surface area contributed by atoms with Gasteiger partial charge in [0.2, 0.25) is 5.91 Å². The molecule has 6 nitrogen and oxygen atoms in total. The Bertz CT molecular complexity index is 578. The third-order valence-electron chi connectivity index (χ3n) is 9.11. The van der Waals surface area contributed by atoms with Gasteiger partial charge in [-0.15, -0.1) is 0 Å². The third-order valence-corrected chi connectivity index (χ3v) is 9.11. The van der Waals surface area contributed by atoms with Gasteiger partial charge >= 0.3 is 0 Å². The molecule has 6 heteroatoms. The molecule has 0 fully saturated rings. The van der Waals surface area contributed by atoms with Gasteiger partial charge in [-0.3, -0.25) is 4.79 Å². The Morgan fingerprint density at radius 2 is 0.956 bits per heavy atom. The van der Waals surface area contributed by atoms with Crippen LogP contribution in [0.3, 0.4) is 0 Å². The topological polar surface area (TPSA) is 99.6 Å². The maximum Gasteiger partial charge on any atom is 0.237 e. The Balaban J connectivity index is 3.95. The number of amides is 1. The molecule has 1 unspecified atom stereocenters. The average molecular weight is 640 g/mol. The smallest absolute Gasteiger partial charge is 0.237 e. The summed E-state index contributed by atoms with van der Waals surface area (Å²) in [5.41, 5.74) is 11.7. The number of hydrogen-bond donors (Lipinski definition) is 3. The molecule has 0 saturated heterocycles. The van der Waals surface area contributed by atoms with Crippen LogP contribution in [0.15, 0.2) is 0 Å². The van der Waals surface area contributed by atoms with Crippen molar-refractivity contribution in [2.24, 2.45) is 11.5 Å². The summed E-state index contributed by atoms with van der Waals surface area (Å²) in [7, 11) is 0. The molecule has 0 aliphatic carbocycles. The summed E-state index contributed by atoms with van der Waals surface area (Å²) in [4.78, 5) is 12.5. The molecule has 0 bridgehead atoms. The van der Waals surface area contributed by atoms with Crippen LogP contribution in [0.5, 0.6) is 0 Å². The lowest BCUT2D eigenvalue weighted by atomic mass is 10.0. The monoisotopic (exact) mass is 640 g/mol. The van der Waals surface area contributed by atoms with E-state index in [0.717, 1.165) is 38.9 Å². The second kappa shape index (κ2) is 37.8. The maximum atomic E-state index is 12.5. The van der Waals surface area contributed by atoms with E-state index in [-0.39, 0.29) is 12.0 Å². The molecular formula is C39H81N3O3. The number of ether oxygens (including phenoxy) is 2. The molecule has 0 rings (SSSR count). The Labute approximate surface area is 281 Å². The third kappa shape index (κ3) is 34.5. The summed E-state index contributed by atoms with van der Waals surface area (Å²) in [6, 6.07) is -0.481. The minimum Gasteiger partial charge on any atom is -0.379 e. The highest BCUT2D eigenvalue weighted by Gasteiger charge is 2.16. The SMILES string of the molecule is CCCCCCCCCCCCCCCCCCOCC(CNC(=O)[C@@H](N)CCCCN)OCCCCCCCCCCCC. The lowest BCUT2D eigenvalue weighted by Gasteiger charge is -2.20. The Hall–Kier alpha value is -0.690. The average Bonchev–Trinajstić information content (AvgIpc) is 3.04. The summed E-state index contributed by atoms with van der Waals surface area (Å²) in [6.45, 7) is 7.68. The van der Waals surface area contributed by atoms with E-state index in [1.807, 2.05) is 0 Å². The highest BCUT2D eigenvalue weighted by Crippen LogP contribution is 2.14. The first kappa shape index (κ1) is 44.3. The van der Waals surface area contributed by atoms with Gasteiger partial charge in [0.1, 0.15) is 0 Å². The van der Waals surface area contributed by atoms with Crippen LogP contribution >= 0.6 is 0 Å². The molecule has 0 aromatic carbocycles. The standard InChI is InChI=1S/C39H81N3O3/c1-3-5-7-9-11-13-15-16-17-18-19-20-21-23-25-29-33-44-36-37(35-42-39(43)38(41)31-27-28-32-40)45-34-30-26-24-22-14-12-10-8-6-4-2/h37-38H,3-36,40-41H2,1-2H3,(H,42,43)/t37?,38-/m0/s1. The van der Waals surface area contributed by atoms with Crippen LogP contribution in [0.2, 0.25) is 0 Å². The molecule has 0 aromatic rings. The molecule has 5 N–H and O–H groups in total. The molecule has 0 heterocycles. The highest BCUT2D eigenvalue weighted by molar-refractivity contribution is 5.81. The van der Waals surface area contributed by atoms with Crippen LogP contribution in [-0.4, -0.2) is 51.0 Å². The zero-order valence-electron chi connectivity index (χ0n) is 30.6. The zero-order valence-corrected chi connectivity index (χ0v) is 30.6. The predicted octanol–water partition coefficient (Wildman–Crippen LogP) is 10.1. The summed E-state index contributed by atoms with van der Waals surface area (Å²) in [5, 5.41) is 3.01. The molecule has 2 atom stereocenters. The van der Waals surface area contributed by atoms with Crippen LogP contribution in [-0.2, 0) is 14.3 Å². The number of carbonyl (C=O) groups is 1. The maximum absolute atomic E-state index is 12.5. The quantitative estimate of drug-likeness (QED) is 0.0584. The van der Waals surface area contributed by atoms with E-state index in [4.69, 9.17) is 20.9 Å². The fraction of sp³-hybridized carbons (Fsp3) is 0.974. The van der Waals surface area contributed by atoms with E-state index in [0.29, 0.717) is 26.1 Å². The molecule has 0 saturated carbocycles. The number of unbranched alkanes of at least 4 members (excludes halogenated alkanes) is 25. The fourth-order valence-electron chi connectivity index (χ4n) is 5.96. The van der Waals surface area contributed by atoms with Crippen molar-refractivity contribution >= 4 is 5.91 Å².